The Bertz CT molecular complexity index is 1990. The topological polar surface area (TPSA) is 364 Å². The number of rotatable bonds is 24. The standard InChI is InChI=1S/C31H48N7O17P3S/c1-4-5-6-7-8-9-10-11-22(40)59-15-14-33-21(39)12-13-34-29(43)26(42)31(2,3)17-52-58(49,50)55-57(47,48)51-16-20-25(54-56(44,45)46)24(41)30(53-20)38-19-37-23-27(32)35-18-36-28(23)38/h5-10,18-20,24-26,30,41-42H,4,11-17H2,1-3H3,(H,33,39)(H,34,43)(H,47,48)(H,49,50)(H2,32,35,36)(H2,44,45,46)/b6-5+,8-7+,10-9+. The van der Waals surface area contributed by atoms with E-state index in [0.29, 0.717) is 5.75 Å². The molecule has 1 saturated heterocycles. The minimum absolute atomic E-state index is 0.0292. The summed E-state index contributed by atoms with van der Waals surface area (Å²) in [5.74, 6) is -1.14. The molecule has 1 aliphatic heterocycles. The lowest BCUT2D eigenvalue weighted by atomic mass is 9.87. The molecule has 3 rings (SSSR count). The molecule has 10 N–H and O–H groups in total. The molecule has 2 aromatic heterocycles. The minimum atomic E-state index is -5.57. The summed E-state index contributed by atoms with van der Waals surface area (Å²) in [6.45, 7) is 2.48. The van der Waals surface area contributed by atoms with E-state index in [1.807, 2.05) is 31.2 Å². The number of aliphatic hydroxyl groups excluding tert-OH is 2. The van der Waals surface area contributed by atoms with Gasteiger partial charge in [-0.2, -0.15) is 4.31 Å². The van der Waals surface area contributed by atoms with Crippen molar-refractivity contribution in [2.75, 3.05) is 37.8 Å². The zero-order valence-electron chi connectivity index (χ0n) is 32.0. The van der Waals surface area contributed by atoms with Crippen molar-refractivity contribution in [2.24, 2.45) is 5.41 Å². The molecule has 330 valence electrons. The Hall–Kier alpha value is -3.22. The van der Waals surface area contributed by atoms with Crippen LogP contribution in [0.5, 0.6) is 0 Å². The number of aliphatic hydroxyl groups is 2. The number of imidazole rings is 1. The number of hydrogen-bond acceptors (Lipinski definition) is 18. The number of amides is 2. The maximum absolute atomic E-state index is 12.7. The average Bonchev–Trinajstić information content (AvgIpc) is 3.71. The van der Waals surface area contributed by atoms with Gasteiger partial charge in [0.25, 0.3) is 0 Å². The van der Waals surface area contributed by atoms with E-state index in [2.05, 4.69) is 34.4 Å². The third-order valence-electron chi connectivity index (χ3n) is 7.89. The van der Waals surface area contributed by atoms with E-state index < -0.39 is 84.6 Å². The molecule has 28 heteroatoms. The monoisotopic (exact) mass is 915 g/mol. The normalized spacial score (nSPS) is 21.6. The maximum Gasteiger partial charge on any atom is 0.481 e. The molecule has 7 atom stereocenters. The Labute approximate surface area is 342 Å². The van der Waals surface area contributed by atoms with Gasteiger partial charge in [-0.3, -0.25) is 32.5 Å². The third kappa shape index (κ3) is 16.6. The molecular formula is C31H48N7O17P3S. The highest BCUT2D eigenvalue weighted by atomic mass is 32.2. The first-order chi connectivity index (χ1) is 27.6. The fourth-order valence-corrected chi connectivity index (χ4v) is 8.41. The van der Waals surface area contributed by atoms with Crippen molar-refractivity contribution in [1.82, 2.24) is 30.2 Å². The zero-order chi connectivity index (χ0) is 44.0. The molecule has 1 fully saturated rings. The van der Waals surface area contributed by atoms with Gasteiger partial charge >= 0.3 is 23.5 Å². The van der Waals surface area contributed by atoms with Crippen LogP contribution in [0.4, 0.5) is 5.82 Å². The summed E-state index contributed by atoms with van der Waals surface area (Å²) >= 11 is 1.05. The highest BCUT2D eigenvalue weighted by Crippen LogP contribution is 2.61. The summed E-state index contributed by atoms with van der Waals surface area (Å²) in [5, 5.41) is 26.3. The van der Waals surface area contributed by atoms with E-state index in [9.17, 15) is 57.9 Å². The van der Waals surface area contributed by atoms with Gasteiger partial charge in [0.15, 0.2) is 22.8 Å². The van der Waals surface area contributed by atoms with Crippen molar-refractivity contribution in [1.29, 1.82) is 0 Å². The summed E-state index contributed by atoms with van der Waals surface area (Å²) < 4.78 is 62.2. The Morgan fingerprint density at radius 2 is 1.69 bits per heavy atom. The molecule has 3 heterocycles. The molecule has 2 aromatic rings. The number of anilines is 1. The van der Waals surface area contributed by atoms with E-state index in [-0.39, 0.29) is 48.0 Å². The minimum Gasteiger partial charge on any atom is -0.386 e. The van der Waals surface area contributed by atoms with Crippen LogP contribution in [-0.4, -0.2) is 123 Å². The molecule has 0 radical (unpaired) electrons. The number of nitrogens with zero attached hydrogens (tertiary/aromatic N) is 4. The van der Waals surface area contributed by atoms with Gasteiger partial charge in [0.2, 0.25) is 11.8 Å². The third-order valence-corrected chi connectivity index (χ3v) is 11.9. The maximum atomic E-state index is 12.7. The molecule has 0 aromatic carbocycles. The summed E-state index contributed by atoms with van der Waals surface area (Å²) in [6.07, 6.45) is 5.25. The van der Waals surface area contributed by atoms with Gasteiger partial charge < -0.3 is 50.9 Å². The highest BCUT2D eigenvalue weighted by Gasteiger charge is 2.50. The molecule has 59 heavy (non-hydrogen) atoms. The number of hydrogen-bond donors (Lipinski definition) is 9. The van der Waals surface area contributed by atoms with Crippen molar-refractivity contribution in [3.05, 3.63) is 49.1 Å². The summed E-state index contributed by atoms with van der Waals surface area (Å²) in [4.78, 5) is 87.7. The number of aromatic nitrogens is 4. The van der Waals surface area contributed by atoms with E-state index in [0.717, 1.165) is 35.4 Å². The number of carbonyl (C=O) groups is 3. The second-order valence-electron chi connectivity index (χ2n) is 13.1. The van der Waals surface area contributed by atoms with E-state index >= 15 is 0 Å². The van der Waals surface area contributed by atoms with Gasteiger partial charge in [-0.1, -0.05) is 69.0 Å². The van der Waals surface area contributed by atoms with Crippen LogP contribution in [0.3, 0.4) is 0 Å². The zero-order valence-corrected chi connectivity index (χ0v) is 35.5. The van der Waals surface area contributed by atoms with Crippen LogP contribution in [-0.2, 0) is 50.7 Å². The van der Waals surface area contributed by atoms with Gasteiger partial charge in [0, 0.05) is 37.1 Å². The van der Waals surface area contributed by atoms with Crippen LogP contribution in [0.25, 0.3) is 11.2 Å². The summed E-state index contributed by atoms with van der Waals surface area (Å²) in [5.41, 5.74) is 4.26. The lowest BCUT2D eigenvalue weighted by Crippen LogP contribution is -2.46. The number of thioether (sulfide) groups is 1. The van der Waals surface area contributed by atoms with E-state index in [1.54, 1.807) is 12.2 Å². The Kier molecular flexibility index (Phi) is 19.2. The Balaban J connectivity index is 1.44. The first-order valence-electron chi connectivity index (χ1n) is 17.6. The first-order valence-corrected chi connectivity index (χ1v) is 23.1. The van der Waals surface area contributed by atoms with Gasteiger partial charge in [-0.25, -0.2) is 28.6 Å². The average molecular weight is 916 g/mol. The number of allylic oxidation sites excluding steroid dienone is 6. The van der Waals surface area contributed by atoms with Crippen molar-refractivity contribution in [3.8, 4) is 0 Å². The molecule has 7 unspecified atom stereocenters. The quantitative estimate of drug-likeness (QED) is 0.0405. The summed E-state index contributed by atoms with van der Waals surface area (Å²) in [6, 6.07) is 0. The fourth-order valence-electron chi connectivity index (χ4n) is 4.94. The van der Waals surface area contributed by atoms with E-state index in [1.165, 1.54) is 13.8 Å². The fraction of sp³-hybridized carbons (Fsp3) is 0.548. The second-order valence-corrected chi connectivity index (χ2v) is 18.5. The van der Waals surface area contributed by atoms with Crippen molar-refractivity contribution >= 4 is 69.1 Å². The summed E-state index contributed by atoms with van der Waals surface area (Å²) in [7, 11) is -16.4. The predicted octanol–water partition coefficient (Wildman–Crippen LogP) is 1.13. The Morgan fingerprint density at radius 1 is 1.02 bits per heavy atom. The number of nitrogen functional groups attached to an aromatic ring is 1. The number of nitrogens with one attached hydrogen (secondary N) is 2. The number of phosphoric ester groups is 3. The smallest absolute Gasteiger partial charge is 0.386 e. The van der Waals surface area contributed by atoms with Crippen molar-refractivity contribution < 1.29 is 80.5 Å². The molecule has 24 nitrogen and oxygen atoms in total. The molecule has 1 aliphatic rings. The van der Waals surface area contributed by atoms with Gasteiger partial charge in [-0.15, -0.1) is 0 Å². The molecule has 0 spiro atoms. The van der Waals surface area contributed by atoms with Crippen LogP contribution in [0.15, 0.2) is 49.1 Å². The van der Waals surface area contributed by atoms with Crippen LogP contribution in [0.2, 0.25) is 0 Å². The molecule has 2 amide bonds. The lowest BCUT2D eigenvalue weighted by Gasteiger charge is -2.30. The Morgan fingerprint density at radius 3 is 2.37 bits per heavy atom. The molecule has 0 bridgehead atoms. The first kappa shape index (κ1) is 50.1. The number of phosphoric acid groups is 3. The largest absolute Gasteiger partial charge is 0.481 e. The van der Waals surface area contributed by atoms with Crippen LogP contribution < -0.4 is 16.4 Å². The van der Waals surface area contributed by atoms with Gasteiger partial charge in [-0.05, 0) is 6.42 Å². The van der Waals surface area contributed by atoms with Crippen LogP contribution in [0, 0.1) is 5.41 Å². The number of nitrogens with two attached hydrogens (primary N) is 1. The molecule has 0 saturated carbocycles. The van der Waals surface area contributed by atoms with Gasteiger partial charge in [0.05, 0.1) is 19.5 Å². The number of fused-ring (bicyclic) bond motifs is 1. The SMILES string of the molecule is CC/C=C/C=C/C=C/CC(=O)SCCNC(=O)CCNC(=O)C(O)C(C)(C)COP(=O)(O)OP(=O)(O)OCC1OC(n2cnc3c(N)ncnc32)C(O)C1OP(=O)(O)O. The highest BCUT2D eigenvalue weighted by molar-refractivity contribution is 8.13. The van der Waals surface area contributed by atoms with Crippen molar-refractivity contribution in [3.63, 3.8) is 0 Å². The van der Waals surface area contributed by atoms with Crippen LogP contribution in [0.1, 0.15) is 46.3 Å². The van der Waals surface area contributed by atoms with Gasteiger partial charge in [0.1, 0.15) is 36.3 Å². The molecular weight excluding hydrogens is 867 g/mol. The van der Waals surface area contributed by atoms with Crippen molar-refractivity contribution in [2.45, 2.75) is 70.7 Å². The molecule has 0 aliphatic carbocycles. The number of carbonyl (C=O) groups excluding carboxylic acids is 3. The van der Waals surface area contributed by atoms with Crippen LogP contribution >= 0.6 is 35.2 Å². The van der Waals surface area contributed by atoms with E-state index in [4.69, 9.17) is 19.5 Å². The second kappa shape index (κ2) is 22.6. The number of ether oxygens (including phenoxy) is 1. The predicted molar refractivity (Wildman–Crippen MR) is 209 cm³/mol. The lowest BCUT2D eigenvalue weighted by molar-refractivity contribution is -0.137.